The first-order valence-corrected chi connectivity index (χ1v) is 2.92. The molecular weight excluding hydrogens is 126 g/mol. The quantitative estimate of drug-likeness (QED) is 0.495. The van der Waals surface area contributed by atoms with Crippen molar-refractivity contribution in [2.24, 2.45) is 0 Å². The van der Waals surface area contributed by atoms with E-state index < -0.39 is 0 Å². The minimum Gasteiger partial charge on any atom is -0.873 e. The first-order valence-electron chi connectivity index (χ1n) is 2.92. The van der Waals surface area contributed by atoms with Crippen molar-refractivity contribution in [2.75, 3.05) is 0 Å². The fourth-order valence-corrected chi connectivity index (χ4v) is 0.613. The molecule has 0 N–H and O–H groups in total. The van der Waals surface area contributed by atoms with E-state index >= 15 is 0 Å². The van der Waals surface area contributed by atoms with Crippen LogP contribution in [0, 0.1) is 0 Å². The van der Waals surface area contributed by atoms with Crippen LogP contribution >= 0.6 is 0 Å². The van der Waals surface area contributed by atoms with Crippen LogP contribution in [0.15, 0.2) is 48.5 Å². The fraction of sp³-hybridized carbons (Fsp3) is 0. The summed E-state index contributed by atoms with van der Waals surface area (Å²) in [4.78, 5) is 0. The van der Waals surface area contributed by atoms with Gasteiger partial charge in [0.15, 0.2) is 0 Å². The molecule has 0 unspecified atom stereocenters. The van der Waals surface area contributed by atoms with Gasteiger partial charge in [-0.3, -0.25) is 0 Å². The van der Waals surface area contributed by atoms with Gasteiger partial charge in [-0.1, -0.05) is 30.9 Å². The molecule has 2 nitrogen and oxygen atoms in total. The molecule has 0 aromatic rings. The van der Waals surface area contributed by atoms with Crippen molar-refractivity contribution in [3.05, 3.63) is 53.9 Å². The Balaban J connectivity index is 2.84. The van der Waals surface area contributed by atoms with Gasteiger partial charge in [0.1, 0.15) is 0 Å². The highest BCUT2D eigenvalue weighted by Crippen LogP contribution is 2.14. The van der Waals surface area contributed by atoms with E-state index in [1.165, 1.54) is 6.08 Å². The van der Waals surface area contributed by atoms with Gasteiger partial charge < -0.3 is 10.4 Å². The van der Waals surface area contributed by atoms with Crippen molar-refractivity contribution in [3.8, 4) is 0 Å². The summed E-state index contributed by atoms with van der Waals surface area (Å²) >= 11 is 0. The predicted molar refractivity (Wildman–Crippen MR) is 38.9 cm³/mol. The molecule has 10 heavy (non-hydrogen) atoms. The van der Waals surface area contributed by atoms with E-state index in [0.717, 1.165) is 0 Å². The largest absolute Gasteiger partial charge is 0.873 e. The number of hydrogen-bond donors (Lipinski definition) is 0. The smallest absolute Gasteiger partial charge is 0.0653 e. The minimum atomic E-state index is -0.138. The summed E-state index contributed by atoms with van der Waals surface area (Å²) in [6, 6.07) is 0. The first-order chi connectivity index (χ1) is 4.84. The third-order valence-electron chi connectivity index (χ3n) is 1.10. The van der Waals surface area contributed by atoms with Crippen LogP contribution in [0.1, 0.15) is 0 Å². The molecule has 0 atom stereocenters. The van der Waals surface area contributed by atoms with Gasteiger partial charge in [0.25, 0.3) is 0 Å². The zero-order chi connectivity index (χ0) is 7.40. The van der Waals surface area contributed by atoms with Crippen molar-refractivity contribution in [1.29, 1.82) is 0 Å². The summed E-state index contributed by atoms with van der Waals surface area (Å²) in [6.45, 7) is 3.35. The van der Waals surface area contributed by atoms with Crippen molar-refractivity contribution >= 4 is 0 Å². The highest BCUT2D eigenvalue weighted by molar-refractivity contribution is 5.43. The van der Waals surface area contributed by atoms with Crippen molar-refractivity contribution in [1.82, 2.24) is 0 Å². The second-order valence-corrected chi connectivity index (χ2v) is 1.78. The molecule has 1 rings (SSSR count). The van der Waals surface area contributed by atoms with E-state index in [0.29, 0.717) is 5.70 Å². The maximum atomic E-state index is 10.8. The SMILES string of the molecule is C=CC([O-])=C1C=CC=C[N-]1. The second-order valence-electron chi connectivity index (χ2n) is 1.78. The Morgan fingerprint density at radius 1 is 1.60 bits per heavy atom. The zero-order valence-corrected chi connectivity index (χ0v) is 5.45. The van der Waals surface area contributed by atoms with Crippen LogP contribution in [0.3, 0.4) is 0 Å². The Hall–Kier alpha value is -1.44. The van der Waals surface area contributed by atoms with E-state index in [9.17, 15) is 5.11 Å². The average Bonchev–Trinajstić information content (AvgIpc) is 2.05. The summed E-state index contributed by atoms with van der Waals surface area (Å²) in [5, 5.41) is 14.7. The van der Waals surface area contributed by atoms with Gasteiger partial charge in [-0.25, -0.2) is 0 Å². The molecule has 2 heteroatoms. The summed E-state index contributed by atoms with van der Waals surface area (Å²) in [5.41, 5.74) is 0.442. The van der Waals surface area contributed by atoms with Gasteiger partial charge in [0, 0.05) is 0 Å². The maximum absolute atomic E-state index is 10.8. The summed E-state index contributed by atoms with van der Waals surface area (Å²) in [6.07, 6.45) is 8.02. The highest BCUT2D eigenvalue weighted by Gasteiger charge is 1.78. The zero-order valence-electron chi connectivity index (χ0n) is 5.45. The van der Waals surface area contributed by atoms with Crippen LogP contribution in [-0.4, -0.2) is 0 Å². The first kappa shape index (κ1) is 6.68. The lowest BCUT2D eigenvalue weighted by Crippen LogP contribution is -2.03. The average molecular weight is 133 g/mol. The van der Waals surface area contributed by atoms with Gasteiger partial charge in [-0.15, -0.1) is 11.5 Å². The number of hydrogen-bond acceptors (Lipinski definition) is 1. The molecule has 0 spiro atoms. The normalized spacial score (nSPS) is 20.0. The van der Waals surface area contributed by atoms with Gasteiger partial charge in [-0.2, -0.15) is 6.20 Å². The van der Waals surface area contributed by atoms with E-state index in [4.69, 9.17) is 0 Å². The van der Waals surface area contributed by atoms with Crippen LogP contribution < -0.4 is 5.11 Å². The highest BCUT2D eigenvalue weighted by atomic mass is 16.3. The summed E-state index contributed by atoms with van der Waals surface area (Å²) in [5.74, 6) is -0.138. The molecule has 1 aliphatic heterocycles. The lowest BCUT2D eigenvalue weighted by molar-refractivity contribution is -0.295. The molecular formula is C8H7NO-2. The van der Waals surface area contributed by atoms with Crippen LogP contribution in [0.5, 0.6) is 0 Å². The molecule has 1 aliphatic rings. The third kappa shape index (κ3) is 1.29. The lowest BCUT2D eigenvalue weighted by atomic mass is 10.3. The fourth-order valence-electron chi connectivity index (χ4n) is 0.613. The molecule has 0 radical (unpaired) electrons. The summed E-state index contributed by atoms with van der Waals surface area (Å²) in [7, 11) is 0. The molecule has 1 heterocycles. The third-order valence-corrected chi connectivity index (χ3v) is 1.10. The van der Waals surface area contributed by atoms with Crippen molar-refractivity contribution in [3.63, 3.8) is 0 Å². The lowest BCUT2D eigenvalue weighted by Gasteiger charge is -2.26. The molecule has 0 bridgehead atoms. The Morgan fingerprint density at radius 2 is 2.40 bits per heavy atom. The van der Waals surface area contributed by atoms with Crippen LogP contribution in [0.4, 0.5) is 0 Å². The van der Waals surface area contributed by atoms with Crippen LogP contribution in [0.25, 0.3) is 5.32 Å². The monoisotopic (exact) mass is 133 g/mol. The van der Waals surface area contributed by atoms with Gasteiger partial charge in [0.05, 0.1) is 0 Å². The topological polar surface area (TPSA) is 37.2 Å². The van der Waals surface area contributed by atoms with Gasteiger partial charge in [0.2, 0.25) is 0 Å². The van der Waals surface area contributed by atoms with Crippen LogP contribution in [0.2, 0.25) is 0 Å². The molecule has 0 fully saturated rings. The number of rotatable bonds is 1. The Labute approximate surface area is 59.9 Å². The number of allylic oxidation sites excluding steroid dienone is 4. The molecule has 0 saturated heterocycles. The van der Waals surface area contributed by atoms with E-state index in [1.54, 1.807) is 24.4 Å². The second kappa shape index (κ2) is 2.92. The molecule has 0 amide bonds. The maximum Gasteiger partial charge on any atom is -0.0653 e. The van der Waals surface area contributed by atoms with Crippen molar-refractivity contribution in [2.45, 2.75) is 0 Å². The molecule has 0 aromatic heterocycles. The predicted octanol–water partition coefficient (Wildman–Crippen LogP) is 1.20. The molecule has 0 saturated carbocycles. The van der Waals surface area contributed by atoms with Crippen molar-refractivity contribution < 1.29 is 5.11 Å². The Morgan fingerprint density at radius 3 is 2.90 bits per heavy atom. The van der Waals surface area contributed by atoms with E-state index in [1.807, 2.05) is 0 Å². The molecule has 52 valence electrons. The summed E-state index contributed by atoms with van der Waals surface area (Å²) < 4.78 is 0. The standard InChI is InChI=1S/C8H8NO/c1-2-8(10)7-5-3-4-6-9-7/h2-6,10H,1H2/q-1/p-1. The molecule has 0 aliphatic carbocycles. The number of nitrogens with zero attached hydrogens (tertiary/aromatic N) is 1. The Bertz CT molecular complexity index is 223. The van der Waals surface area contributed by atoms with Crippen LogP contribution in [-0.2, 0) is 0 Å². The van der Waals surface area contributed by atoms with Gasteiger partial charge in [-0.05, 0) is 0 Å². The minimum absolute atomic E-state index is 0.138. The Kier molecular flexibility index (Phi) is 1.95. The van der Waals surface area contributed by atoms with Gasteiger partial charge >= 0.3 is 0 Å². The van der Waals surface area contributed by atoms with E-state index in [-0.39, 0.29) is 5.76 Å². The molecule has 0 aromatic carbocycles. The van der Waals surface area contributed by atoms with E-state index in [2.05, 4.69) is 11.9 Å².